The van der Waals surface area contributed by atoms with Crippen molar-refractivity contribution in [3.05, 3.63) is 29.6 Å². The van der Waals surface area contributed by atoms with Crippen molar-refractivity contribution in [3.8, 4) is 0 Å². The van der Waals surface area contributed by atoms with Gasteiger partial charge in [-0.25, -0.2) is 4.98 Å². The summed E-state index contributed by atoms with van der Waals surface area (Å²) in [5.41, 5.74) is -0.0697. The molecule has 2 aromatic rings. The monoisotopic (exact) mass is 204 g/mol. The molecule has 2 rings (SSSR count). The van der Waals surface area contributed by atoms with Crippen molar-refractivity contribution in [2.45, 2.75) is 0 Å². The lowest BCUT2D eigenvalue weighted by atomic mass is 10.1. The van der Waals surface area contributed by atoms with Gasteiger partial charge in [-0.3, -0.25) is 0 Å². The molecule has 76 valence electrons. The van der Waals surface area contributed by atoms with Crippen molar-refractivity contribution in [3.63, 3.8) is 0 Å². The Bertz CT molecular complexity index is 510. The smallest absolute Gasteiger partial charge is 0.0931 e. The van der Waals surface area contributed by atoms with Crippen molar-refractivity contribution in [2.24, 2.45) is 0 Å². The molecule has 0 aliphatic rings. The summed E-state index contributed by atoms with van der Waals surface area (Å²) < 4.78 is 0. The quantitative estimate of drug-likeness (QED) is 0.626. The van der Waals surface area contributed by atoms with Gasteiger partial charge in [0.05, 0.1) is 29.3 Å². The summed E-state index contributed by atoms with van der Waals surface area (Å²) >= 11 is 0. The third-order valence-corrected chi connectivity index (χ3v) is 2.00. The number of nitrogens with zero attached hydrogens (tertiary/aromatic N) is 1. The van der Waals surface area contributed by atoms with Crippen molar-refractivity contribution < 1.29 is 19.8 Å². The van der Waals surface area contributed by atoms with Crippen LogP contribution >= 0.6 is 0 Å². The molecule has 0 spiro atoms. The van der Waals surface area contributed by atoms with Crippen LogP contribution < -0.4 is 10.2 Å². The first-order valence-electron chi connectivity index (χ1n) is 3.99. The van der Waals surface area contributed by atoms with Crippen LogP contribution in [0.15, 0.2) is 18.5 Å². The van der Waals surface area contributed by atoms with Crippen LogP contribution in [0, 0.1) is 0 Å². The summed E-state index contributed by atoms with van der Waals surface area (Å²) in [5.74, 6) is -3.13. The molecule has 1 aromatic heterocycles. The molecule has 0 fully saturated rings. The number of aromatic nitrogens is 2. The minimum Gasteiger partial charge on any atom is -0.545 e. The Morgan fingerprint density at radius 2 is 1.73 bits per heavy atom. The van der Waals surface area contributed by atoms with Gasteiger partial charge in [-0.05, 0) is 12.1 Å². The first-order valence-corrected chi connectivity index (χ1v) is 3.99. The van der Waals surface area contributed by atoms with E-state index in [-0.39, 0.29) is 0 Å². The fraction of sp³-hybridized carbons (Fsp3) is 0. The van der Waals surface area contributed by atoms with E-state index < -0.39 is 23.1 Å². The SMILES string of the molecule is O=C([O-])c1cc2nc[nH]c2cc1C(=O)[O-]. The largest absolute Gasteiger partial charge is 0.545 e. The van der Waals surface area contributed by atoms with E-state index in [2.05, 4.69) is 9.97 Å². The van der Waals surface area contributed by atoms with Gasteiger partial charge < -0.3 is 24.8 Å². The van der Waals surface area contributed by atoms with Crippen LogP contribution in [-0.4, -0.2) is 21.9 Å². The summed E-state index contributed by atoms with van der Waals surface area (Å²) in [4.78, 5) is 27.8. The molecular formula is C9H4N2O4-2. The predicted molar refractivity (Wildman–Crippen MR) is 44.8 cm³/mol. The van der Waals surface area contributed by atoms with Crippen LogP contribution in [-0.2, 0) is 0 Å². The van der Waals surface area contributed by atoms with Gasteiger partial charge in [-0.15, -0.1) is 0 Å². The maximum absolute atomic E-state index is 10.7. The number of imidazole rings is 1. The number of carbonyl (C=O) groups excluding carboxylic acids is 2. The van der Waals surface area contributed by atoms with Gasteiger partial charge in [-0.2, -0.15) is 0 Å². The zero-order valence-corrected chi connectivity index (χ0v) is 7.31. The van der Waals surface area contributed by atoms with E-state index in [0.29, 0.717) is 11.0 Å². The van der Waals surface area contributed by atoms with Crippen molar-refractivity contribution >= 4 is 23.0 Å². The predicted octanol–water partition coefficient (Wildman–Crippen LogP) is -1.71. The number of nitrogens with one attached hydrogen (secondary N) is 1. The molecule has 15 heavy (non-hydrogen) atoms. The number of carbonyl (C=O) groups is 2. The minimum absolute atomic E-state index is 0.360. The Morgan fingerprint density at radius 3 is 2.33 bits per heavy atom. The van der Waals surface area contributed by atoms with Gasteiger partial charge in [0, 0.05) is 11.1 Å². The van der Waals surface area contributed by atoms with Crippen molar-refractivity contribution in [2.75, 3.05) is 0 Å². The Morgan fingerprint density at radius 1 is 1.13 bits per heavy atom. The number of rotatable bonds is 2. The zero-order chi connectivity index (χ0) is 11.0. The fourth-order valence-electron chi connectivity index (χ4n) is 1.32. The van der Waals surface area contributed by atoms with Crippen molar-refractivity contribution in [1.82, 2.24) is 9.97 Å². The average Bonchev–Trinajstić information content (AvgIpc) is 2.61. The molecule has 0 aliphatic heterocycles. The van der Waals surface area contributed by atoms with Crippen LogP contribution in [0.1, 0.15) is 20.7 Å². The summed E-state index contributed by atoms with van der Waals surface area (Å²) in [7, 11) is 0. The number of hydrogen-bond donors (Lipinski definition) is 1. The van der Waals surface area contributed by atoms with E-state index in [0.717, 1.165) is 12.1 Å². The van der Waals surface area contributed by atoms with E-state index in [1.54, 1.807) is 0 Å². The topological polar surface area (TPSA) is 109 Å². The van der Waals surface area contributed by atoms with Crippen LogP contribution in [0.2, 0.25) is 0 Å². The molecule has 0 saturated carbocycles. The normalized spacial score (nSPS) is 10.4. The Hall–Kier alpha value is -2.37. The van der Waals surface area contributed by atoms with Crippen LogP contribution in [0.4, 0.5) is 0 Å². The molecule has 6 nitrogen and oxygen atoms in total. The second-order valence-corrected chi connectivity index (χ2v) is 2.89. The number of aromatic carboxylic acids is 2. The standard InChI is InChI=1S/C9H6N2O4/c12-8(13)4-1-6-7(11-3-10-6)2-5(4)9(14)15/h1-3H,(H,10,11)(H,12,13)(H,14,15)/p-2. The van der Waals surface area contributed by atoms with E-state index in [1.807, 2.05) is 0 Å². The summed E-state index contributed by atoms with van der Waals surface area (Å²) in [6.45, 7) is 0. The summed E-state index contributed by atoms with van der Waals surface area (Å²) in [6, 6.07) is 2.29. The molecule has 0 saturated heterocycles. The van der Waals surface area contributed by atoms with Crippen LogP contribution in [0.3, 0.4) is 0 Å². The fourth-order valence-corrected chi connectivity index (χ4v) is 1.32. The molecule has 0 radical (unpaired) electrons. The molecule has 0 aliphatic carbocycles. The van der Waals surface area contributed by atoms with Gasteiger partial charge in [0.1, 0.15) is 0 Å². The molecule has 1 N–H and O–H groups in total. The van der Waals surface area contributed by atoms with Gasteiger partial charge in [0.15, 0.2) is 0 Å². The lowest BCUT2D eigenvalue weighted by Gasteiger charge is -2.10. The Labute approximate surface area is 83.2 Å². The highest BCUT2D eigenvalue weighted by Gasteiger charge is 2.08. The maximum atomic E-state index is 10.7. The molecule has 1 aromatic carbocycles. The first-order chi connectivity index (χ1) is 7.09. The van der Waals surface area contributed by atoms with E-state index in [9.17, 15) is 19.8 Å². The second-order valence-electron chi connectivity index (χ2n) is 2.89. The number of H-pyrrole nitrogens is 1. The van der Waals surface area contributed by atoms with Crippen LogP contribution in [0.25, 0.3) is 11.0 Å². The number of aromatic amines is 1. The third kappa shape index (κ3) is 1.41. The van der Waals surface area contributed by atoms with Crippen molar-refractivity contribution in [1.29, 1.82) is 0 Å². The summed E-state index contributed by atoms with van der Waals surface area (Å²) in [5, 5.41) is 21.3. The number of benzene rings is 1. The second kappa shape index (κ2) is 3.09. The van der Waals surface area contributed by atoms with Gasteiger partial charge in [0.25, 0.3) is 0 Å². The molecule has 0 unspecified atom stereocenters. The Kier molecular flexibility index (Phi) is 1.89. The lowest BCUT2D eigenvalue weighted by molar-refractivity contribution is -0.259. The highest BCUT2D eigenvalue weighted by Crippen LogP contribution is 2.16. The number of hydrogen-bond acceptors (Lipinski definition) is 5. The zero-order valence-electron chi connectivity index (χ0n) is 7.31. The Balaban J connectivity index is 2.79. The van der Waals surface area contributed by atoms with E-state index >= 15 is 0 Å². The number of fused-ring (bicyclic) bond motifs is 1. The van der Waals surface area contributed by atoms with Gasteiger partial charge in [-0.1, -0.05) is 0 Å². The number of carboxylic acid groups (broad SMARTS) is 2. The highest BCUT2D eigenvalue weighted by molar-refractivity contribution is 6.03. The van der Waals surface area contributed by atoms with Gasteiger partial charge >= 0.3 is 0 Å². The highest BCUT2D eigenvalue weighted by atomic mass is 16.4. The third-order valence-electron chi connectivity index (χ3n) is 2.00. The average molecular weight is 204 g/mol. The van der Waals surface area contributed by atoms with E-state index in [4.69, 9.17) is 0 Å². The lowest BCUT2D eigenvalue weighted by Crippen LogP contribution is -2.30. The minimum atomic E-state index is -1.57. The molecular weight excluding hydrogens is 200 g/mol. The number of carboxylic acids is 2. The molecule has 0 atom stereocenters. The molecule has 0 bridgehead atoms. The van der Waals surface area contributed by atoms with Crippen LogP contribution in [0.5, 0.6) is 0 Å². The summed E-state index contributed by atoms with van der Waals surface area (Å²) in [6.07, 6.45) is 1.34. The molecule has 1 heterocycles. The van der Waals surface area contributed by atoms with E-state index in [1.165, 1.54) is 6.33 Å². The molecule has 6 heteroatoms. The first kappa shape index (κ1) is 9.20. The maximum Gasteiger partial charge on any atom is 0.0931 e. The van der Waals surface area contributed by atoms with Gasteiger partial charge in [0.2, 0.25) is 0 Å². The molecule has 0 amide bonds.